The molecule has 4 heteroatoms. The van der Waals surface area contributed by atoms with Crippen LogP contribution >= 0.6 is 0 Å². The summed E-state index contributed by atoms with van der Waals surface area (Å²) in [5, 5.41) is 9.74. The Morgan fingerprint density at radius 3 is 2.71 bits per heavy atom. The van der Waals surface area contributed by atoms with E-state index in [1.807, 2.05) is 0 Å². The van der Waals surface area contributed by atoms with Crippen molar-refractivity contribution in [2.75, 3.05) is 33.2 Å². The molecule has 0 saturated carbocycles. The molecule has 2 aromatic rings. The zero-order chi connectivity index (χ0) is 16.6. The van der Waals surface area contributed by atoms with Gasteiger partial charge < -0.3 is 14.4 Å². The summed E-state index contributed by atoms with van der Waals surface area (Å²) in [4.78, 5) is 5.09. The molecule has 0 atom stereocenters. The summed E-state index contributed by atoms with van der Waals surface area (Å²) < 4.78 is 2.24. The molecule has 0 unspecified atom stereocenters. The topological polar surface area (TPSA) is 31.1 Å². The first-order valence-electron chi connectivity index (χ1n) is 9.29. The molecule has 1 N–H and O–H groups in total. The van der Waals surface area contributed by atoms with Gasteiger partial charge in [-0.1, -0.05) is 6.07 Å². The number of hydrogen-bond donors (Lipinski definition) is 1. The van der Waals surface area contributed by atoms with Crippen molar-refractivity contribution in [1.82, 2.24) is 14.2 Å². The summed E-state index contributed by atoms with van der Waals surface area (Å²) in [6.07, 6.45) is 7.51. The number of pyridine rings is 1. The largest absolute Gasteiger partial charge is 0.392 e. The molecule has 4 nitrogen and oxygen atoms in total. The highest BCUT2D eigenvalue weighted by atomic mass is 16.3. The lowest BCUT2D eigenvalue weighted by atomic mass is 9.72. The molecule has 2 aromatic heterocycles. The van der Waals surface area contributed by atoms with Gasteiger partial charge >= 0.3 is 0 Å². The average Bonchev–Trinajstić information content (AvgIpc) is 2.95. The Labute approximate surface area is 144 Å². The number of piperidine rings is 2. The fourth-order valence-corrected chi connectivity index (χ4v) is 4.81. The Balaban J connectivity index is 1.48. The molecule has 4 heterocycles. The highest BCUT2D eigenvalue weighted by Crippen LogP contribution is 2.39. The molecule has 0 aliphatic carbocycles. The summed E-state index contributed by atoms with van der Waals surface area (Å²) in [5.74, 6) is 0. The Morgan fingerprint density at radius 2 is 1.96 bits per heavy atom. The van der Waals surface area contributed by atoms with Crippen molar-refractivity contribution in [3.05, 3.63) is 41.7 Å². The SMILES string of the molecule is CN1CCCC2(CCN(Cc3c(CO)cc4ccccn34)CC2)C1. The lowest BCUT2D eigenvalue weighted by Crippen LogP contribution is -2.48. The van der Waals surface area contributed by atoms with Gasteiger partial charge in [-0.05, 0) is 76.0 Å². The van der Waals surface area contributed by atoms with Crippen LogP contribution in [0.15, 0.2) is 30.5 Å². The van der Waals surface area contributed by atoms with Crippen LogP contribution in [0.1, 0.15) is 36.9 Å². The van der Waals surface area contributed by atoms with E-state index >= 15 is 0 Å². The molecule has 2 aliphatic rings. The molecular weight excluding hydrogens is 298 g/mol. The Kier molecular flexibility index (Phi) is 4.37. The molecule has 0 amide bonds. The van der Waals surface area contributed by atoms with Crippen molar-refractivity contribution in [3.63, 3.8) is 0 Å². The summed E-state index contributed by atoms with van der Waals surface area (Å²) in [6.45, 7) is 5.97. The second kappa shape index (κ2) is 6.51. The van der Waals surface area contributed by atoms with E-state index in [1.165, 1.54) is 63.1 Å². The summed E-state index contributed by atoms with van der Waals surface area (Å²) >= 11 is 0. The quantitative estimate of drug-likeness (QED) is 0.940. The monoisotopic (exact) mass is 327 g/mol. The molecule has 24 heavy (non-hydrogen) atoms. The van der Waals surface area contributed by atoms with Crippen molar-refractivity contribution in [3.8, 4) is 0 Å². The first-order chi connectivity index (χ1) is 11.7. The van der Waals surface area contributed by atoms with Crippen LogP contribution in [0.25, 0.3) is 5.52 Å². The molecule has 2 saturated heterocycles. The third-order valence-electron chi connectivity index (χ3n) is 6.19. The first-order valence-corrected chi connectivity index (χ1v) is 9.29. The third-order valence-corrected chi connectivity index (χ3v) is 6.19. The van der Waals surface area contributed by atoms with Crippen molar-refractivity contribution in [2.45, 2.75) is 38.8 Å². The zero-order valence-corrected chi connectivity index (χ0v) is 14.7. The van der Waals surface area contributed by atoms with Crippen molar-refractivity contribution in [2.24, 2.45) is 5.41 Å². The van der Waals surface area contributed by atoms with Gasteiger partial charge in [-0.15, -0.1) is 0 Å². The van der Waals surface area contributed by atoms with Gasteiger partial charge in [-0.25, -0.2) is 0 Å². The number of hydrogen-bond acceptors (Lipinski definition) is 3. The maximum absolute atomic E-state index is 9.74. The standard InChI is InChI=1S/C20H29N3O/c1-21-9-4-6-20(16-21)7-11-22(12-8-20)14-19-17(15-24)13-18-5-2-3-10-23(18)19/h2-3,5,10,13,24H,4,6-9,11-12,14-16H2,1H3. The molecule has 0 aromatic carbocycles. The van der Waals surface area contributed by atoms with Gasteiger partial charge in [0.05, 0.1) is 6.61 Å². The predicted octanol–water partition coefficient (Wildman–Crippen LogP) is 2.74. The maximum Gasteiger partial charge on any atom is 0.0700 e. The van der Waals surface area contributed by atoms with Crippen LogP contribution in [0, 0.1) is 5.41 Å². The summed E-state index contributed by atoms with van der Waals surface area (Å²) in [7, 11) is 2.27. The van der Waals surface area contributed by atoms with Gasteiger partial charge in [0.15, 0.2) is 0 Å². The molecule has 4 rings (SSSR count). The van der Waals surface area contributed by atoms with Gasteiger partial charge in [0, 0.05) is 36.1 Å². The van der Waals surface area contributed by atoms with Gasteiger partial charge in [-0.3, -0.25) is 4.90 Å². The van der Waals surface area contributed by atoms with E-state index in [-0.39, 0.29) is 6.61 Å². The minimum Gasteiger partial charge on any atom is -0.392 e. The van der Waals surface area contributed by atoms with Gasteiger partial charge in [0.1, 0.15) is 0 Å². The molecule has 0 bridgehead atoms. The highest BCUT2D eigenvalue weighted by Gasteiger charge is 2.37. The minimum atomic E-state index is 0.125. The van der Waals surface area contributed by atoms with Gasteiger partial charge in [-0.2, -0.15) is 0 Å². The number of aliphatic hydroxyl groups is 1. The summed E-state index contributed by atoms with van der Waals surface area (Å²) in [6, 6.07) is 8.37. The smallest absolute Gasteiger partial charge is 0.0700 e. The number of aromatic nitrogens is 1. The average molecular weight is 327 g/mol. The fraction of sp³-hybridized carbons (Fsp3) is 0.600. The second-order valence-electron chi connectivity index (χ2n) is 7.89. The van der Waals surface area contributed by atoms with Crippen LogP contribution in [0.4, 0.5) is 0 Å². The van der Waals surface area contributed by atoms with Crippen LogP contribution in [-0.2, 0) is 13.2 Å². The van der Waals surface area contributed by atoms with Crippen LogP contribution in [0.5, 0.6) is 0 Å². The number of aliphatic hydroxyl groups excluding tert-OH is 1. The number of nitrogens with zero attached hydrogens (tertiary/aromatic N) is 3. The van der Waals surface area contributed by atoms with E-state index in [0.717, 1.165) is 12.1 Å². The molecule has 130 valence electrons. The normalized spacial score (nSPS) is 22.4. The number of likely N-dealkylation sites (tertiary alicyclic amines) is 2. The van der Waals surface area contributed by atoms with Crippen molar-refractivity contribution >= 4 is 5.52 Å². The van der Waals surface area contributed by atoms with E-state index in [1.54, 1.807) is 0 Å². The zero-order valence-electron chi connectivity index (χ0n) is 14.7. The lowest BCUT2D eigenvalue weighted by Gasteiger charge is -2.47. The number of fused-ring (bicyclic) bond motifs is 1. The van der Waals surface area contributed by atoms with Crippen LogP contribution < -0.4 is 0 Å². The van der Waals surface area contributed by atoms with E-state index in [4.69, 9.17) is 0 Å². The van der Waals surface area contributed by atoms with Crippen molar-refractivity contribution in [1.29, 1.82) is 0 Å². The molecular formula is C20H29N3O. The van der Waals surface area contributed by atoms with E-state index < -0.39 is 0 Å². The van der Waals surface area contributed by atoms with Crippen LogP contribution in [-0.4, -0.2) is 52.5 Å². The van der Waals surface area contributed by atoms with E-state index in [9.17, 15) is 5.11 Å². The maximum atomic E-state index is 9.74. The lowest BCUT2D eigenvalue weighted by molar-refractivity contribution is 0.0311. The second-order valence-corrected chi connectivity index (χ2v) is 7.89. The van der Waals surface area contributed by atoms with Crippen molar-refractivity contribution < 1.29 is 5.11 Å². The Bertz CT molecular complexity index is 700. The highest BCUT2D eigenvalue weighted by molar-refractivity contribution is 5.53. The predicted molar refractivity (Wildman–Crippen MR) is 97.0 cm³/mol. The van der Waals surface area contributed by atoms with Gasteiger partial charge in [0.2, 0.25) is 0 Å². The van der Waals surface area contributed by atoms with Crippen LogP contribution in [0.3, 0.4) is 0 Å². The van der Waals surface area contributed by atoms with Gasteiger partial charge in [0.25, 0.3) is 0 Å². The fourth-order valence-electron chi connectivity index (χ4n) is 4.81. The molecule has 2 fully saturated rings. The number of rotatable bonds is 3. The molecule has 2 aliphatic heterocycles. The Hall–Kier alpha value is -1.36. The van der Waals surface area contributed by atoms with Crippen LogP contribution in [0.2, 0.25) is 0 Å². The third kappa shape index (κ3) is 2.99. The molecule has 1 spiro atoms. The minimum absolute atomic E-state index is 0.125. The summed E-state index contributed by atoms with van der Waals surface area (Å²) in [5.41, 5.74) is 4.06. The first kappa shape index (κ1) is 16.1. The molecule has 0 radical (unpaired) electrons. The Morgan fingerprint density at radius 1 is 1.12 bits per heavy atom. The van der Waals surface area contributed by atoms with E-state index in [0.29, 0.717) is 5.41 Å². The van der Waals surface area contributed by atoms with E-state index in [2.05, 4.69) is 51.7 Å².